The molecule has 0 atom stereocenters. The van der Waals surface area contributed by atoms with Gasteiger partial charge in [0.2, 0.25) is 0 Å². The van der Waals surface area contributed by atoms with E-state index in [2.05, 4.69) is 132 Å². The summed E-state index contributed by atoms with van der Waals surface area (Å²) in [5.41, 5.74) is 12.1. The molecule has 2 aromatic heterocycles. The average Bonchev–Trinajstić information content (AvgIpc) is 3.59. The monoisotopic (exact) mass is 548 g/mol. The van der Waals surface area contributed by atoms with Gasteiger partial charge in [0, 0.05) is 39.2 Å². The first-order chi connectivity index (χ1) is 21.3. The quantitative estimate of drug-likeness (QED) is 0.204. The average molecular weight is 549 g/mol. The first-order valence-corrected chi connectivity index (χ1v) is 14.7. The van der Waals surface area contributed by atoms with E-state index in [4.69, 9.17) is 9.40 Å². The first-order valence-electron chi connectivity index (χ1n) is 14.7. The number of benzene rings is 6. The molecule has 1 aliphatic carbocycles. The van der Waals surface area contributed by atoms with Crippen molar-refractivity contribution in [1.29, 1.82) is 0 Å². The number of anilines is 3. The Hall–Kier alpha value is -5.67. The molecule has 8 aromatic rings. The highest BCUT2D eigenvalue weighted by Crippen LogP contribution is 2.64. The van der Waals surface area contributed by atoms with Crippen molar-refractivity contribution in [2.45, 2.75) is 5.41 Å². The minimum Gasteiger partial charge on any atom is -0.456 e. The minimum atomic E-state index is -0.518. The van der Waals surface area contributed by atoms with Crippen molar-refractivity contribution in [3.63, 3.8) is 0 Å². The van der Waals surface area contributed by atoms with E-state index >= 15 is 0 Å². The Labute approximate surface area is 248 Å². The normalized spacial score (nSPS) is 14.2. The van der Waals surface area contributed by atoms with Crippen LogP contribution in [0.3, 0.4) is 0 Å². The van der Waals surface area contributed by atoms with Gasteiger partial charge in [0.1, 0.15) is 11.2 Å². The third-order valence-corrected chi connectivity index (χ3v) is 9.48. The van der Waals surface area contributed by atoms with Gasteiger partial charge in [-0.3, -0.25) is 4.98 Å². The maximum Gasteiger partial charge on any atom is 0.135 e. The van der Waals surface area contributed by atoms with E-state index in [1.54, 1.807) is 0 Å². The molecule has 0 unspecified atom stereocenters. The van der Waals surface area contributed by atoms with E-state index in [9.17, 15) is 0 Å². The zero-order valence-corrected chi connectivity index (χ0v) is 23.2. The van der Waals surface area contributed by atoms with Gasteiger partial charge in [-0.1, -0.05) is 103 Å². The van der Waals surface area contributed by atoms with Gasteiger partial charge in [-0.25, -0.2) is 0 Å². The molecule has 1 aliphatic heterocycles. The van der Waals surface area contributed by atoms with E-state index in [1.807, 2.05) is 18.3 Å². The summed E-state index contributed by atoms with van der Waals surface area (Å²) < 4.78 is 6.20. The third kappa shape index (κ3) is 2.81. The molecule has 43 heavy (non-hydrogen) atoms. The van der Waals surface area contributed by atoms with Gasteiger partial charge in [-0.2, -0.15) is 0 Å². The minimum absolute atomic E-state index is 0.518. The Morgan fingerprint density at radius 2 is 1.16 bits per heavy atom. The molecule has 10 rings (SSSR count). The van der Waals surface area contributed by atoms with Crippen molar-refractivity contribution in [2.24, 2.45) is 0 Å². The van der Waals surface area contributed by atoms with Gasteiger partial charge in [0.15, 0.2) is 0 Å². The highest BCUT2D eigenvalue weighted by atomic mass is 16.3. The molecule has 3 nitrogen and oxygen atoms in total. The highest BCUT2D eigenvalue weighted by molar-refractivity contribution is 6.07. The molecular formula is C40H24N2O. The fourth-order valence-electron chi connectivity index (χ4n) is 7.84. The molecule has 0 fully saturated rings. The molecule has 0 saturated carbocycles. The van der Waals surface area contributed by atoms with Crippen LogP contribution in [0.5, 0.6) is 0 Å². The third-order valence-electron chi connectivity index (χ3n) is 9.48. The molecule has 0 saturated heterocycles. The summed E-state index contributed by atoms with van der Waals surface area (Å²) in [7, 11) is 0. The number of hydrogen-bond acceptors (Lipinski definition) is 3. The summed E-state index contributed by atoms with van der Waals surface area (Å²) in [6.07, 6.45) is 2.03. The van der Waals surface area contributed by atoms with Gasteiger partial charge in [-0.15, -0.1) is 0 Å². The molecule has 1 spiro atoms. The lowest BCUT2D eigenvalue weighted by atomic mass is 9.64. The molecule has 0 bridgehead atoms. The number of aromatic nitrogens is 1. The van der Waals surface area contributed by atoms with Crippen LogP contribution < -0.4 is 4.90 Å². The van der Waals surface area contributed by atoms with Crippen molar-refractivity contribution in [1.82, 2.24) is 4.98 Å². The number of pyridine rings is 1. The highest BCUT2D eigenvalue weighted by Gasteiger charge is 2.53. The number of fused-ring (bicyclic) bond motifs is 14. The standard InChI is InChI=1S/C40H24N2O/c1-2-12-27-25(11-1)24-41-39-29-14-3-5-15-31(29)40(38(27)39)32-16-6-8-18-34(32)42(35-19-9-7-17-33(35)40)26-21-22-37-30(23-26)28-13-4-10-20-36(28)43-37/h1-24H. The zero-order valence-electron chi connectivity index (χ0n) is 23.2. The summed E-state index contributed by atoms with van der Waals surface area (Å²) >= 11 is 0. The van der Waals surface area contributed by atoms with Crippen LogP contribution in [0.1, 0.15) is 22.3 Å². The van der Waals surface area contributed by atoms with Crippen LogP contribution in [0.4, 0.5) is 17.1 Å². The van der Waals surface area contributed by atoms with E-state index < -0.39 is 5.41 Å². The Kier molecular flexibility index (Phi) is 4.38. The van der Waals surface area contributed by atoms with Crippen LogP contribution in [-0.2, 0) is 5.41 Å². The molecule has 3 heteroatoms. The maximum atomic E-state index is 6.20. The summed E-state index contributed by atoms with van der Waals surface area (Å²) in [4.78, 5) is 7.56. The summed E-state index contributed by atoms with van der Waals surface area (Å²) in [5.74, 6) is 0. The Morgan fingerprint density at radius 1 is 0.535 bits per heavy atom. The van der Waals surface area contributed by atoms with Crippen LogP contribution in [0, 0.1) is 0 Å². The largest absolute Gasteiger partial charge is 0.456 e. The topological polar surface area (TPSA) is 29.3 Å². The fraction of sp³-hybridized carbons (Fsp3) is 0.0250. The van der Waals surface area contributed by atoms with Crippen molar-refractivity contribution in [3.05, 3.63) is 168 Å². The molecule has 6 aromatic carbocycles. The number of furan rings is 1. The summed E-state index contributed by atoms with van der Waals surface area (Å²) in [6.45, 7) is 0. The number of hydrogen-bond donors (Lipinski definition) is 0. The lowest BCUT2D eigenvalue weighted by Crippen LogP contribution is -2.36. The Balaban J connectivity index is 1.34. The van der Waals surface area contributed by atoms with Crippen molar-refractivity contribution in [2.75, 3.05) is 4.90 Å². The Morgan fingerprint density at radius 3 is 1.98 bits per heavy atom. The first kappa shape index (κ1) is 23.0. The van der Waals surface area contributed by atoms with Crippen molar-refractivity contribution < 1.29 is 4.42 Å². The van der Waals surface area contributed by atoms with Gasteiger partial charge < -0.3 is 9.32 Å². The van der Waals surface area contributed by atoms with Crippen LogP contribution in [0.25, 0.3) is 44.0 Å². The predicted molar refractivity (Wildman–Crippen MR) is 175 cm³/mol. The van der Waals surface area contributed by atoms with Gasteiger partial charge in [-0.05, 0) is 58.5 Å². The number of nitrogens with zero attached hydrogens (tertiary/aromatic N) is 2. The zero-order chi connectivity index (χ0) is 28.1. The summed E-state index contributed by atoms with van der Waals surface area (Å²) in [5, 5.41) is 4.65. The predicted octanol–water partition coefficient (Wildman–Crippen LogP) is 10.3. The molecule has 2 aliphatic rings. The molecule has 200 valence electrons. The summed E-state index contributed by atoms with van der Waals surface area (Å²) in [6, 6.07) is 50.2. The van der Waals surface area contributed by atoms with Gasteiger partial charge >= 0.3 is 0 Å². The lowest BCUT2D eigenvalue weighted by Gasteiger charge is -2.45. The number of para-hydroxylation sites is 3. The molecule has 3 heterocycles. The van der Waals surface area contributed by atoms with Crippen LogP contribution in [0.15, 0.2) is 150 Å². The second-order valence-corrected chi connectivity index (χ2v) is 11.5. The molecule has 0 amide bonds. The second-order valence-electron chi connectivity index (χ2n) is 11.5. The van der Waals surface area contributed by atoms with Crippen LogP contribution in [0.2, 0.25) is 0 Å². The van der Waals surface area contributed by atoms with E-state index in [1.165, 1.54) is 44.6 Å². The molecule has 0 N–H and O–H groups in total. The van der Waals surface area contributed by atoms with Crippen molar-refractivity contribution in [3.8, 4) is 11.3 Å². The van der Waals surface area contributed by atoms with E-state index in [-0.39, 0.29) is 0 Å². The smallest absolute Gasteiger partial charge is 0.135 e. The molecule has 0 radical (unpaired) electrons. The van der Waals surface area contributed by atoms with Gasteiger partial charge in [0.05, 0.1) is 22.5 Å². The number of rotatable bonds is 1. The molecular weight excluding hydrogens is 524 g/mol. The Bertz CT molecular complexity index is 2390. The fourth-order valence-corrected chi connectivity index (χ4v) is 7.84. The van der Waals surface area contributed by atoms with Crippen LogP contribution in [-0.4, -0.2) is 4.98 Å². The lowest BCUT2D eigenvalue weighted by molar-refractivity contribution is 0.669. The van der Waals surface area contributed by atoms with E-state index in [0.29, 0.717) is 0 Å². The van der Waals surface area contributed by atoms with Crippen molar-refractivity contribution >= 4 is 49.8 Å². The maximum absolute atomic E-state index is 6.20. The SMILES string of the molecule is c1ccc2c(c1)-c1ncc3ccccc3c1C21c2ccccc2N(c2ccc3oc4ccccc4c3c2)c2ccccc21. The second kappa shape index (κ2) is 8.21. The van der Waals surface area contributed by atoms with Crippen LogP contribution >= 0.6 is 0 Å². The van der Waals surface area contributed by atoms with E-state index in [0.717, 1.165) is 38.7 Å². The van der Waals surface area contributed by atoms with Gasteiger partial charge in [0.25, 0.3) is 0 Å².